The monoisotopic (exact) mass is 307 g/mol. The Morgan fingerprint density at radius 1 is 1.23 bits per heavy atom. The highest BCUT2D eigenvalue weighted by molar-refractivity contribution is 5.74. The van der Waals surface area contributed by atoms with E-state index in [0.29, 0.717) is 25.6 Å². The lowest BCUT2D eigenvalue weighted by molar-refractivity contribution is 0.134. The summed E-state index contributed by atoms with van der Waals surface area (Å²) in [6.07, 6.45) is 0.999. The van der Waals surface area contributed by atoms with Crippen molar-refractivity contribution in [3.05, 3.63) is 35.6 Å². The van der Waals surface area contributed by atoms with Gasteiger partial charge in [0.2, 0.25) is 0 Å². The number of benzene rings is 1. The molecule has 1 fully saturated rings. The number of piperazine rings is 1. The zero-order valence-corrected chi connectivity index (χ0v) is 13.5. The van der Waals surface area contributed by atoms with Crippen LogP contribution in [0, 0.1) is 11.7 Å². The van der Waals surface area contributed by atoms with Crippen LogP contribution in [0.4, 0.5) is 9.18 Å². The van der Waals surface area contributed by atoms with Crippen molar-refractivity contribution in [3.63, 3.8) is 0 Å². The van der Waals surface area contributed by atoms with E-state index >= 15 is 0 Å². The minimum absolute atomic E-state index is 0.0196. The lowest BCUT2D eigenvalue weighted by Crippen LogP contribution is -2.51. The van der Waals surface area contributed by atoms with Crippen molar-refractivity contribution in [1.82, 2.24) is 15.1 Å². The molecule has 22 heavy (non-hydrogen) atoms. The van der Waals surface area contributed by atoms with E-state index in [9.17, 15) is 9.18 Å². The molecule has 1 aromatic rings. The van der Waals surface area contributed by atoms with Crippen LogP contribution in [0.15, 0.2) is 24.3 Å². The minimum Gasteiger partial charge on any atom is -0.338 e. The molecule has 0 spiro atoms. The molecule has 0 bridgehead atoms. The summed E-state index contributed by atoms with van der Waals surface area (Å²) < 4.78 is 13.7. The third-order valence-electron chi connectivity index (χ3n) is 4.01. The van der Waals surface area contributed by atoms with Crippen LogP contribution in [0.5, 0.6) is 0 Å². The maximum atomic E-state index is 13.7. The number of carbonyl (C=O) groups is 1. The summed E-state index contributed by atoms with van der Waals surface area (Å²) in [6, 6.07) is 6.90. The Hall–Kier alpha value is -1.62. The number of hydrogen-bond acceptors (Lipinski definition) is 2. The highest BCUT2D eigenvalue weighted by Crippen LogP contribution is 2.12. The molecule has 2 amide bonds. The summed E-state index contributed by atoms with van der Waals surface area (Å²) in [5.74, 6) is 0.439. The first-order valence-corrected chi connectivity index (χ1v) is 8.05. The highest BCUT2D eigenvalue weighted by Gasteiger charge is 2.21. The summed E-state index contributed by atoms with van der Waals surface area (Å²) in [4.78, 5) is 16.1. The lowest BCUT2D eigenvalue weighted by atomic mass is 10.1. The maximum absolute atomic E-state index is 13.7. The van der Waals surface area contributed by atoms with Gasteiger partial charge >= 0.3 is 6.03 Å². The van der Waals surface area contributed by atoms with Crippen LogP contribution in [-0.2, 0) is 6.54 Å². The Bertz CT molecular complexity index is 485. The normalized spacial score (nSPS) is 16.1. The van der Waals surface area contributed by atoms with Crippen molar-refractivity contribution in [1.29, 1.82) is 0 Å². The van der Waals surface area contributed by atoms with E-state index in [1.807, 2.05) is 17.0 Å². The molecular weight excluding hydrogens is 281 g/mol. The largest absolute Gasteiger partial charge is 0.338 e. The van der Waals surface area contributed by atoms with Crippen LogP contribution in [0.3, 0.4) is 0 Å². The van der Waals surface area contributed by atoms with E-state index in [4.69, 9.17) is 0 Å². The topological polar surface area (TPSA) is 35.6 Å². The lowest BCUT2D eigenvalue weighted by Gasteiger charge is -2.34. The Morgan fingerprint density at radius 2 is 1.91 bits per heavy atom. The fraction of sp³-hybridized carbons (Fsp3) is 0.588. The Labute approximate surface area is 132 Å². The van der Waals surface area contributed by atoms with E-state index in [1.165, 1.54) is 6.07 Å². The molecule has 1 aliphatic heterocycles. The molecule has 0 aliphatic carbocycles. The predicted octanol–water partition coefficient (Wildman–Crippen LogP) is 2.70. The molecule has 0 aromatic heterocycles. The summed E-state index contributed by atoms with van der Waals surface area (Å²) in [5.41, 5.74) is 0.720. The van der Waals surface area contributed by atoms with E-state index in [-0.39, 0.29) is 11.8 Å². The first-order chi connectivity index (χ1) is 10.6. The zero-order valence-electron chi connectivity index (χ0n) is 13.5. The molecule has 1 heterocycles. The van der Waals surface area contributed by atoms with Crippen molar-refractivity contribution in [2.45, 2.75) is 26.8 Å². The number of halogens is 1. The molecule has 1 aromatic carbocycles. The minimum atomic E-state index is -0.156. The van der Waals surface area contributed by atoms with Crippen LogP contribution in [0.1, 0.15) is 25.8 Å². The van der Waals surface area contributed by atoms with Crippen molar-refractivity contribution in [2.24, 2.45) is 5.92 Å². The smallest absolute Gasteiger partial charge is 0.317 e. The summed E-state index contributed by atoms with van der Waals surface area (Å²) in [6.45, 7) is 8.59. The average Bonchev–Trinajstić information content (AvgIpc) is 2.50. The van der Waals surface area contributed by atoms with Crippen LogP contribution < -0.4 is 5.32 Å². The van der Waals surface area contributed by atoms with Gasteiger partial charge in [-0.3, -0.25) is 4.90 Å². The third-order valence-corrected chi connectivity index (χ3v) is 4.01. The van der Waals surface area contributed by atoms with Crippen molar-refractivity contribution in [3.8, 4) is 0 Å². The van der Waals surface area contributed by atoms with Crippen molar-refractivity contribution in [2.75, 3.05) is 32.7 Å². The molecule has 5 heteroatoms. The van der Waals surface area contributed by atoms with E-state index in [0.717, 1.165) is 31.6 Å². The molecule has 4 nitrogen and oxygen atoms in total. The number of nitrogens with zero attached hydrogens (tertiary/aromatic N) is 2. The molecule has 0 atom stereocenters. The SMILES string of the molecule is CC(C)CCNC(=O)N1CCN(Cc2ccccc2F)CC1. The van der Waals surface area contributed by atoms with Crippen LogP contribution in [0.25, 0.3) is 0 Å². The second-order valence-corrected chi connectivity index (χ2v) is 6.27. The third kappa shape index (κ3) is 4.98. The van der Waals surface area contributed by atoms with Gasteiger partial charge in [-0.25, -0.2) is 9.18 Å². The molecular formula is C17H26FN3O. The first-order valence-electron chi connectivity index (χ1n) is 8.05. The molecule has 1 N–H and O–H groups in total. The Balaban J connectivity index is 1.73. The number of hydrogen-bond donors (Lipinski definition) is 1. The second-order valence-electron chi connectivity index (χ2n) is 6.27. The van der Waals surface area contributed by atoms with E-state index in [2.05, 4.69) is 24.1 Å². The van der Waals surface area contributed by atoms with Gasteiger partial charge in [-0.15, -0.1) is 0 Å². The highest BCUT2D eigenvalue weighted by atomic mass is 19.1. The van der Waals surface area contributed by atoms with Gasteiger partial charge in [0.1, 0.15) is 5.82 Å². The number of carbonyl (C=O) groups excluding carboxylic acids is 1. The molecule has 0 radical (unpaired) electrons. The number of rotatable bonds is 5. The van der Waals surface area contributed by atoms with Crippen molar-refractivity contribution < 1.29 is 9.18 Å². The second kappa shape index (κ2) is 8.13. The van der Waals surface area contributed by atoms with Gasteiger partial charge in [-0.2, -0.15) is 0 Å². The van der Waals surface area contributed by atoms with Gasteiger partial charge in [-0.1, -0.05) is 32.0 Å². The standard InChI is InChI=1S/C17H26FN3O/c1-14(2)7-8-19-17(22)21-11-9-20(10-12-21)13-15-5-3-4-6-16(15)18/h3-6,14H,7-13H2,1-2H3,(H,19,22). The van der Waals surface area contributed by atoms with Crippen LogP contribution >= 0.6 is 0 Å². The molecule has 1 saturated heterocycles. The van der Waals surface area contributed by atoms with Gasteiger partial charge in [0.05, 0.1) is 0 Å². The molecule has 2 rings (SSSR count). The molecule has 1 aliphatic rings. The van der Waals surface area contributed by atoms with Gasteiger partial charge in [0.25, 0.3) is 0 Å². The fourth-order valence-corrected chi connectivity index (χ4v) is 2.56. The van der Waals surface area contributed by atoms with E-state index in [1.54, 1.807) is 6.07 Å². The molecule has 0 saturated carbocycles. The number of urea groups is 1. The van der Waals surface area contributed by atoms with Gasteiger partial charge in [0, 0.05) is 44.8 Å². The van der Waals surface area contributed by atoms with Gasteiger partial charge in [-0.05, 0) is 18.4 Å². The molecule has 122 valence electrons. The fourth-order valence-electron chi connectivity index (χ4n) is 2.56. The summed E-state index contributed by atoms with van der Waals surface area (Å²) >= 11 is 0. The van der Waals surface area contributed by atoms with Crippen LogP contribution in [0.2, 0.25) is 0 Å². The maximum Gasteiger partial charge on any atom is 0.317 e. The first kappa shape index (κ1) is 16.7. The average molecular weight is 307 g/mol. The quantitative estimate of drug-likeness (QED) is 0.908. The van der Waals surface area contributed by atoms with Crippen LogP contribution in [-0.4, -0.2) is 48.6 Å². The van der Waals surface area contributed by atoms with Gasteiger partial charge in [0.15, 0.2) is 0 Å². The summed E-state index contributed by atoms with van der Waals surface area (Å²) in [5, 5.41) is 2.97. The molecule has 0 unspecified atom stereocenters. The number of nitrogens with one attached hydrogen (secondary N) is 1. The Kier molecular flexibility index (Phi) is 6.19. The van der Waals surface area contributed by atoms with Crippen molar-refractivity contribution >= 4 is 6.03 Å². The summed E-state index contributed by atoms with van der Waals surface area (Å²) in [7, 11) is 0. The Morgan fingerprint density at radius 3 is 2.55 bits per heavy atom. The van der Waals surface area contributed by atoms with E-state index < -0.39 is 0 Å². The van der Waals surface area contributed by atoms with Gasteiger partial charge < -0.3 is 10.2 Å². The zero-order chi connectivity index (χ0) is 15.9. The predicted molar refractivity (Wildman–Crippen MR) is 86.1 cm³/mol. The number of amides is 2.